The monoisotopic (exact) mass is 352 g/mol. The van der Waals surface area contributed by atoms with Crippen molar-refractivity contribution < 1.29 is 23.8 Å². The third-order valence-corrected chi connectivity index (χ3v) is 4.51. The molecule has 142 valence electrons. The molecule has 1 aliphatic heterocycles. The molecule has 2 fully saturated rings. The van der Waals surface area contributed by atoms with Gasteiger partial charge in [0.15, 0.2) is 0 Å². The molecule has 0 spiro atoms. The van der Waals surface area contributed by atoms with Gasteiger partial charge in [-0.05, 0) is 38.5 Å². The molecule has 5 heteroatoms. The Morgan fingerprint density at radius 3 is 2.40 bits per heavy atom. The van der Waals surface area contributed by atoms with E-state index in [0.717, 1.165) is 19.3 Å². The summed E-state index contributed by atoms with van der Waals surface area (Å²) in [5.41, 5.74) is 0.301. The Bertz CT molecular complexity index is 474. The van der Waals surface area contributed by atoms with E-state index in [9.17, 15) is 9.59 Å². The lowest BCUT2D eigenvalue weighted by Crippen LogP contribution is -2.28. The van der Waals surface area contributed by atoms with E-state index >= 15 is 0 Å². The van der Waals surface area contributed by atoms with Crippen molar-refractivity contribution in [2.45, 2.75) is 71.0 Å². The fourth-order valence-electron chi connectivity index (χ4n) is 2.70. The molecule has 2 aliphatic rings. The van der Waals surface area contributed by atoms with Crippen LogP contribution in [0.4, 0.5) is 0 Å². The molecule has 2 atom stereocenters. The lowest BCUT2D eigenvalue weighted by Gasteiger charge is -2.25. The molecular formula is C20H32O5. The molecule has 1 saturated heterocycles. The van der Waals surface area contributed by atoms with Crippen LogP contribution < -0.4 is 0 Å². The Labute approximate surface area is 151 Å². The number of ether oxygens (including phenoxy) is 3. The Morgan fingerprint density at radius 2 is 2.00 bits per heavy atom. The van der Waals surface area contributed by atoms with Gasteiger partial charge in [-0.1, -0.05) is 39.8 Å². The summed E-state index contributed by atoms with van der Waals surface area (Å²) in [6.45, 7) is 14.0. The molecule has 1 aliphatic carbocycles. The molecule has 0 radical (unpaired) electrons. The Hall–Kier alpha value is -1.62. The summed E-state index contributed by atoms with van der Waals surface area (Å²) in [4.78, 5) is 21.9. The Kier molecular flexibility index (Phi) is 8.90. The van der Waals surface area contributed by atoms with Crippen LogP contribution >= 0.6 is 0 Å². The van der Waals surface area contributed by atoms with Crippen molar-refractivity contribution in [3.8, 4) is 0 Å². The van der Waals surface area contributed by atoms with E-state index in [0.29, 0.717) is 24.7 Å². The van der Waals surface area contributed by atoms with Crippen LogP contribution in [0.2, 0.25) is 0 Å². The average Bonchev–Trinajstić information content (AvgIpc) is 3.50. The van der Waals surface area contributed by atoms with E-state index in [4.69, 9.17) is 14.2 Å². The molecule has 25 heavy (non-hydrogen) atoms. The van der Waals surface area contributed by atoms with Crippen LogP contribution in [0.1, 0.15) is 59.3 Å². The number of hydrogen-bond donors (Lipinski definition) is 0. The van der Waals surface area contributed by atoms with Crippen molar-refractivity contribution in [3.63, 3.8) is 0 Å². The number of hydrogen-bond acceptors (Lipinski definition) is 5. The highest BCUT2D eigenvalue weighted by atomic mass is 16.6. The van der Waals surface area contributed by atoms with Crippen molar-refractivity contribution in [1.82, 2.24) is 0 Å². The SMILES string of the molecule is C=C(C)C(=O)OCC1CO1.C=CC(=O)OC1(C(CC)CCCC)CC1. The summed E-state index contributed by atoms with van der Waals surface area (Å²) in [7, 11) is 0. The number of unbranched alkanes of at least 4 members (excludes halogenated alkanes) is 1. The number of carbonyl (C=O) groups excluding carboxylic acids is 2. The predicted octanol–water partition coefficient (Wildman–Crippen LogP) is 3.97. The minimum Gasteiger partial charge on any atom is -0.459 e. The van der Waals surface area contributed by atoms with Crippen LogP contribution in [-0.2, 0) is 23.8 Å². The van der Waals surface area contributed by atoms with Crippen molar-refractivity contribution in [3.05, 3.63) is 24.8 Å². The van der Waals surface area contributed by atoms with E-state index in [-0.39, 0.29) is 23.6 Å². The van der Waals surface area contributed by atoms with E-state index < -0.39 is 0 Å². The van der Waals surface area contributed by atoms with Crippen molar-refractivity contribution in [2.75, 3.05) is 13.2 Å². The second-order valence-electron chi connectivity index (χ2n) is 6.77. The van der Waals surface area contributed by atoms with E-state index in [1.165, 1.54) is 25.3 Å². The average molecular weight is 352 g/mol. The maximum Gasteiger partial charge on any atom is 0.333 e. The summed E-state index contributed by atoms with van der Waals surface area (Å²) in [6.07, 6.45) is 8.20. The lowest BCUT2D eigenvalue weighted by atomic mass is 9.91. The molecule has 0 aromatic rings. The van der Waals surface area contributed by atoms with Crippen molar-refractivity contribution >= 4 is 11.9 Å². The van der Waals surface area contributed by atoms with Gasteiger partial charge in [0.05, 0.1) is 6.61 Å². The van der Waals surface area contributed by atoms with Gasteiger partial charge >= 0.3 is 11.9 Å². The van der Waals surface area contributed by atoms with Gasteiger partial charge in [0.1, 0.15) is 18.3 Å². The summed E-state index contributed by atoms with van der Waals surface area (Å²) < 4.78 is 15.1. The molecule has 0 aromatic carbocycles. The zero-order valence-corrected chi connectivity index (χ0v) is 15.8. The molecule has 0 bridgehead atoms. The molecule has 2 rings (SSSR count). The number of carbonyl (C=O) groups is 2. The van der Waals surface area contributed by atoms with Gasteiger partial charge in [0.25, 0.3) is 0 Å². The summed E-state index contributed by atoms with van der Waals surface area (Å²) >= 11 is 0. The third-order valence-electron chi connectivity index (χ3n) is 4.51. The molecule has 5 nitrogen and oxygen atoms in total. The van der Waals surface area contributed by atoms with Crippen molar-refractivity contribution in [1.29, 1.82) is 0 Å². The van der Waals surface area contributed by atoms with Gasteiger partial charge in [0, 0.05) is 11.6 Å². The van der Waals surface area contributed by atoms with E-state index in [2.05, 4.69) is 27.0 Å². The van der Waals surface area contributed by atoms with Crippen LogP contribution in [0, 0.1) is 5.92 Å². The predicted molar refractivity (Wildman–Crippen MR) is 97.1 cm³/mol. The fraction of sp³-hybridized carbons (Fsp3) is 0.700. The molecule has 1 saturated carbocycles. The standard InChI is InChI=1S/C13H22O2.C7H10O3/c1-4-7-8-11(5-2)13(9-10-13)15-12(14)6-3;1-5(2)7(8)10-4-6-3-9-6/h6,11H,3-5,7-10H2,1-2H3;6H,1,3-4H2,2H3. The highest BCUT2D eigenvalue weighted by molar-refractivity contribution is 5.86. The topological polar surface area (TPSA) is 65.1 Å². The molecular weight excluding hydrogens is 320 g/mol. The lowest BCUT2D eigenvalue weighted by molar-refractivity contribution is -0.148. The number of esters is 2. The molecule has 1 heterocycles. The summed E-state index contributed by atoms with van der Waals surface area (Å²) in [5, 5.41) is 0. The van der Waals surface area contributed by atoms with Gasteiger partial charge in [-0.2, -0.15) is 0 Å². The number of epoxide rings is 1. The first-order chi connectivity index (χ1) is 11.9. The largest absolute Gasteiger partial charge is 0.459 e. The second kappa shape index (κ2) is 10.4. The van der Waals surface area contributed by atoms with Gasteiger partial charge in [-0.15, -0.1) is 0 Å². The zero-order chi connectivity index (χ0) is 18.9. The van der Waals surface area contributed by atoms with Gasteiger partial charge < -0.3 is 14.2 Å². The molecule has 0 N–H and O–H groups in total. The Balaban J connectivity index is 0.000000271. The van der Waals surface area contributed by atoms with E-state index in [1.54, 1.807) is 6.92 Å². The van der Waals surface area contributed by atoms with Gasteiger partial charge in [-0.25, -0.2) is 9.59 Å². The van der Waals surface area contributed by atoms with E-state index in [1.807, 2.05) is 0 Å². The smallest absolute Gasteiger partial charge is 0.333 e. The molecule has 0 amide bonds. The molecule has 0 aromatic heterocycles. The minimum absolute atomic E-state index is 0.130. The number of rotatable bonds is 10. The van der Waals surface area contributed by atoms with Crippen molar-refractivity contribution in [2.24, 2.45) is 5.92 Å². The highest BCUT2D eigenvalue weighted by Gasteiger charge is 2.51. The molecule has 2 unspecified atom stereocenters. The first-order valence-corrected chi connectivity index (χ1v) is 9.18. The highest BCUT2D eigenvalue weighted by Crippen LogP contribution is 2.49. The fourth-order valence-corrected chi connectivity index (χ4v) is 2.70. The first kappa shape index (κ1) is 21.4. The third kappa shape index (κ3) is 7.86. The first-order valence-electron chi connectivity index (χ1n) is 9.18. The Morgan fingerprint density at radius 1 is 1.36 bits per heavy atom. The minimum atomic E-state index is -0.337. The van der Waals surface area contributed by atoms with Crippen LogP contribution in [0.5, 0.6) is 0 Å². The van der Waals surface area contributed by atoms with Crippen LogP contribution in [0.15, 0.2) is 24.8 Å². The van der Waals surface area contributed by atoms with Crippen LogP contribution in [0.25, 0.3) is 0 Å². The normalized spacial score (nSPS) is 20.4. The van der Waals surface area contributed by atoms with Crippen LogP contribution in [-0.4, -0.2) is 36.9 Å². The maximum atomic E-state index is 11.2. The maximum absolute atomic E-state index is 11.2. The second-order valence-corrected chi connectivity index (χ2v) is 6.77. The van der Waals surface area contributed by atoms with Crippen LogP contribution in [0.3, 0.4) is 0 Å². The summed E-state index contributed by atoms with van der Waals surface area (Å²) in [6, 6.07) is 0. The summed E-state index contributed by atoms with van der Waals surface area (Å²) in [5.74, 6) is -0.0562. The van der Waals surface area contributed by atoms with Gasteiger partial charge in [0.2, 0.25) is 0 Å². The quantitative estimate of drug-likeness (QED) is 0.338. The van der Waals surface area contributed by atoms with Gasteiger partial charge in [-0.3, -0.25) is 0 Å². The zero-order valence-electron chi connectivity index (χ0n) is 15.8.